The summed E-state index contributed by atoms with van der Waals surface area (Å²) >= 11 is 0. The molecule has 0 saturated carbocycles. The summed E-state index contributed by atoms with van der Waals surface area (Å²) in [5.74, 6) is -0.276. The molecule has 0 atom stereocenters. The molecule has 5 aromatic rings. The lowest BCUT2D eigenvalue weighted by Crippen LogP contribution is -2.17. The first-order chi connectivity index (χ1) is 17.7. The number of fused-ring (bicyclic) bond motifs is 1. The van der Waals surface area contributed by atoms with Crippen LogP contribution in [0.4, 0.5) is 18.9 Å². The minimum Gasteiger partial charge on any atom is -0.406 e. The number of aromatic amines is 1. The van der Waals surface area contributed by atoms with E-state index in [-0.39, 0.29) is 5.69 Å². The second-order valence-corrected chi connectivity index (χ2v) is 8.44. The van der Waals surface area contributed by atoms with Crippen LogP contribution < -0.4 is 10.1 Å². The fraction of sp³-hybridized carbons (Fsp3) is 0.107. The highest BCUT2D eigenvalue weighted by Crippen LogP contribution is 2.27. The highest BCUT2D eigenvalue weighted by Gasteiger charge is 2.31. The van der Waals surface area contributed by atoms with Gasteiger partial charge < -0.3 is 15.0 Å². The monoisotopic (exact) mass is 502 g/mol. The Kier molecular flexibility index (Phi) is 6.35. The molecule has 0 spiro atoms. The van der Waals surface area contributed by atoms with Crippen molar-refractivity contribution in [2.45, 2.75) is 19.7 Å². The van der Waals surface area contributed by atoms with Gasteiger partial charge >= 0.3 is 6.36 Å². The molecule has 0 fully saturated rings. The third-order valence-electron chi connectivity index (χ3n) is 5.78. The molecular formula is C28H21F3N4O2. The number of aryl methyl sites for hydroxylation is 1. The number of halogens is 3. The highest BCUT2D eigenvalue weighted by atomic mass is 19.4. The average molecular weight is 502 g/mol. The first-order valence-electron chi connectivity index (χ1n) is 11.4. The van der Waals surface area contributed by atoms with Gasteiger partial charge in [-0.25, -0.2) is 9.97 Å². The van der Waals surface area contributed by atoms with Crippen LogP contribution in [0.5, 0.6) is 5.75 Å². The SMILES string of the molecule is Cc1ccc(C(=O)Nc2cccc(OC(F)(F)F)c2)cc1Cc1nc(-c2ccccc2)c2[nH]ccc2n1. The second kappa shape index (κ2) is 9.77. The number of carbonyl (C=O) groups is 1. The lowest BCUT2D eigenvalue weighted by atomic mass is 10.0. The maximum absolute atomic E-state index is 12.9. The number of benzene rings is 3. The summed E-state index contributed by atoms with van der Waals surface area (Å²) in [7, 11) is 0. The molecule has 0 aliphatic heterocycles. The number of alkyl halides is 3. The normalized spacial score (nSPS) is 11.5. The summed E-state index contributed by atoms with van der Waals surface area (Å²) in [4.78, 5) is 25.6. The van der Waals surface area contributed by atoms with E-state index >= 15 is 0 Å². The minimum atomic E-state index is -4.82. The van der Waals surface area contributed by atoms with Crippen molar-refractivity contribution < 1.29 is 22.7 Å². The van der Waals surface area contributed by atoms with Gasteiger partial charge in [-0.15, -0.1) is 13.2 Å². The van der Waals surface area contributed by atoms with Crippen molar-refractivity contribution in [1.82, 2.24) is 15.0 Å². The summed E-state index contributed by atoms with van der Waals surface area (Å²) in [6, 6.07) is 22.1. The van der Waals surface area contributed by atoms with Crippen molar-refractivity contribution in [1.29, 1.82) is 0 Å². The van der Waals surface area contributed by atoms with E-state index in [2.05, 4.69) is 15.0 Å². The van der Waals surface area contributed by atoms with Crippen molar-refractivity contribution in [2.75, 3.05) is 5.32 Å². The van der Waals surface area contributed by atoms with Gasteiger partial charge in [-0.2, -0.15) is 0 Å². The number of amides is 1. The van der Waals surface area contributed by atoms with Crippen LogP contribution in [0.1, 0.15) is 27.3 Å². The topological polar surface area (TPSA) is 79.9 Å². The van der Waals surface area contributed by atoms with Crippen LogP contribution in [0.25, 0.3) is 22.3 Å². The molecule has 0 radical (unpaired) electrons. The summed E-state index contributed by atoms with van der Waals surface area (Å²) in [6.45, 7) is 1.93. The Balaban J connectivity index is 1.40. The Morgan fingerprint density at radius 3 is 2.57 bits per heavy atom. The van der Waals surface area contributed by atoms with E-state index in [4.69, 9.17) is 9.97 Å². The Morgan fingerprint density at radius 2 is 1.78 bits per heavy atom. The Bertz CT molecular complexity index is 1580. The maximum Gasteiger partial charge on any atom is 0.573 e. The van der Waals surface area contributed by atoms with Crippen LogP contribution in [-0.4, -0.2) is 27.2 Å². The fourth-order valence-electron chi connectivity index (χ4n) is 4.02. The number of rotatable bonds is 6. The van der Waals surface area contributed by atoms with Crippen LogP contribution in [0.3, 0.4) is 0 Å². The molecule has 9 heteroatoms. The Hall–Kier alpha value is -4.66. The standard InChI is InChI=1S/C28H21F3N4O2/c1-17-10-11-19(27(36)33-21-8-5-9-22(16-21)37-28(29,30)31)14-20(17)15-24-34-23-12-13-32-26(23)25(35-24)18-6-3-2-4-7-18/h2-14,16,32H,15H2,1H3,(H,33,36). The van der Waals surface area contributed by atoms with E-state index in [1.165, 1.54) is 12.1 Å². The largest absolute Gasteiger partial charge is 0.573 e. The molecule has 0 bridgehead atoms. The van der Waals surface area contributed by atoms with E-state index in [0.717, 1.165) is 45.6 Å². The lowest BCUT2D eigenvalue weighted by Gasteiger charge is -2.12. The zero-order chi connectivity index (χ0) is 26.0. The van der Waals surface area contributed by atoms with E-state index in [1.54, 1.807) is 12.1 Å². The van der Waals surface area contributed by atoms with Gasteiger partial charge in [-0.3, -0.25) is 4.79 Å². The van der Waals surface area contributed by atoms with Gasteiger partial charge in [0.15, 0.2) is 0 Å². The van der Waals surface area contributed by atoms with E-state index < -0.39 is 18.0 Å². The number of carbonyl (C=O) groups excluding carboxylic acids is 1. The predicted octanol–water partition coefficient (Wildman–Crippen LogP) is 6.68. The number of H-pyrrole nitrogens is 1. The van der Waals surface area contributed by atoms with Crippen molar-refractivity contribution >= 4 is 22.6 Å². The molecule has 186 valence electrons. The molecular weight excluding hydrogens is 481 g/mol. The van der Waals surface area contributed by atoms with E-state index in [9.17, 15) is 18.0 Å². The third kappa shape index (κ3) is 5.61. The van der Waals surface area contributed by atoms with E-state index in [1.807, 2.05) is 55.6 Å². The van der Waals surface area contributed by atoms with Gasteiger partial charge in [-0.05, 0) is 48.4 Å². The van der Waals surface area contributed by atoms with Crippen LogP contribution >= 0.6 is 0 Å². The summed E-state index contributed by atoms with van der Waals surface area (Å²) < 4.78 is 41.5. The minimum absolute atomic E-state index is 0.183. The third-order valence-corrected chi connectivity index (χ3v) is 5.78. The number of nitrogens with one attached hydrogen (secondary N) is 2. The van der Waals surface area contributed by atoms with Gasteiger partial charge in [0, 0.05) is 35.5 Å². The highest BCUT2D eigenvalue weighted by molar-refractivity contribution is 6.04. The first kappa shape index (κ1) is 24.1. The molecule has 0 aliphatic carbocycles. The Morgan fingerprint density at radius 1 is 0.973 bits per heavy atom. The molecule has 0 saturated heterocycles. The zero-order valence-corrected chi connectivity index (χ0v) is 19.6. The van der Waals surface area contributed by atoms with Crippen molar-refractivity contribution in [2.24, 2.45) is 0 Å². The second-order valence-electron chi connectivity index (χ2n) is 8.44. The predicted molar refractivity (Wildman–Crippen MR) is 134 cm³/mol. The van der Waals surface area contributed by atoms with Crippen molar-refractivity contribution in [3.8, 4) is 17.0 Å². The molecule has 2 aromatic heterocycles. The summed E-state index contributed by atoms with van der Waals surface area (Å²) in [5.41, 5.74) is 5.73. The molecule has 2 heterocycles. The molecule has 2 N–H and O–H groups in total. The number of anilines is 1. The first-order valence-corrected chi connectivity index (χ1v) is 11.4. The number of hydrogen-bond acceptors (Lipinski definition) is 4. The number of ether oxygens (including phenoxy) is 1. The van der Waals surface area contributed by atoms with Crippen molar-refractivity contribution in [3.63, 3.8) is 0 Å². The molecule has 3 aromatic carbocycles. The molecule has 0 unspecified atom stereocenters. The summed E-state index contributed by atoms with van der Waals surface area (Å²) in [6.07, 6.45) is -2.61. The lowest BCUT2D eigenvalue weighted by molar-refractivity contribution is -0.274. The average Bonchev–Trinajstić information content (AvgIpc) is 3.33. The van der Waals surface area contributed by atoms with Gasteiger partial charge in [0.25, 0.3) is 5.91 Å². The van der Waals surface area contributed by atoms with Gasteiger partial charge in [0.2, 0.25) is 0 Å². The molecule has 6 nitrogen and oxygen atoms in total. The van der Waals surface area contributed by atoms with Crippen LogP contribution in [0, 0.1) is 6.92 Å². The number of nitrogens with zero attached hydrogens (tertiary/aromatic N) is 2. The number of aromatic nitrogens is 3. The van der Waals surface area contributed by atoms with Crippen molar-refractivity contribution in [3.05, 3.63) is 108 Å². The van der Waals surface area contributed by atoms with Crippen LogP contribution in [0.15, 0.2) is 85.1 Å². The molecule has 0 aliphatic rings. The molecule has 5 rings (SSSR count). The quantitative estimate of drug-likeness (QED) is 0.272. The van der Waals surface area contributed by atoms with Gasteiger partial charge in [0.05, 0.1) is 16.7 Å². The fourth-order valence-corrected chi connectivity index (χ4v) is 4.02. The Labute approximate surface area is 210 Å². The van der Waals surface area contributed by atoms with Gasteiger partial charge in [0.1, 0.15) is 11.6 Å². The molecule has 37 heavy (non-hydrogen) atoms. The molecule has 1 amide bonds. The number of hydrogen-bond donors (Lipinski definition) is 2. The van der Waals surface area contributed by atoms with Crippen LogP contribution in [-0.2, 0) is 6.42 Å². The van der Waals surface area contributed by atoms with E-state index in [0.29, 0.717) is 17.8 Å². The smallest absolute Gasteiger partial charge is 0.406 e. The van der Waals surface area contributed by atoms with Gasteiger partial charge in [-0.1, -0.05) is 42.5 Å². The van der Waals surface area contributed by atoms with Crippen LogP contribution in [0.2, 0.25) is 0 Å². The maximum atomic E-state index is 12.9. The summed E-state index contributed by atoms with van der Waals surface area (Å²) in [5, 5.41) is 2.62. The zero-order valence-electron chi connectivity index (χ0n) is 19.6.